The number of amides is 1. The summed E-state index contributed by atoms with van der Waals surface area (Å²) >= 11 is 2.97. The molecule has 0 unspecified atom stereocenters. The third-order valence-corrected chi connectivity index (χ3v) is 2.95. The van der Waals surface area contributed by atoms with E-state index in [1.807, 2.05) is 0 Å². The molecule has 0 saturated heterocycles. The largest absolute Gasteiger partial charge is 0.322 e. The van der Waals surface area contributed by atoms with E-state index >= 15 is 0 Å². The smallest absolute Gasteiger partial charge is 0.255 e. The van der Waals surface area contributed by atoms with E-state index in [0.29, 0.717) is 6.07 Å². The van der Waals surface area contributed by atoms with Crippen molar-refractivity contribution in [1.29, 1.82) is 0 Å². The standard InChI is InChI=1S/C13H7BrF3NO/c14-11-2-1-10(6-12(11)17)18-13(19)7-3-8(15)5-9(16)4-7/h1-6H,(H,18,19). The molecule has 6 heteroatoms. The van der Waals surface area contributed by atoms with Crippen molar-refractivity contribution in [2.24, 2.45) is 0 Å². The predicted octanol–water partition coefficient (Wildman–Crippen LogP) is 4.12. The molecule has 0 heterocycles. The summed E-state index contributed by atoms with van der Waals surface area (Å²) in [6, 6.07) is 6.42. The van der Waals surface area contributed by atoms with E-state index in [4.69, 9.17) is 0 Å². The molecule has 2 aromatic carbocycles. The Hall–Kier alpha value is -1.82. The van der Waals surface area contributed by atoms with Crippen molar-refractivity contribution in [3.8, 4) is 0 Å². The van der Waals surface area contributed by atoms with Gasteiger partial charge in [0.1, 0.15) is 17.5 Å². The summed E-state index contributed by atoms with van der Waals surface area (Å²) < 4.78 is 39.4. The lowest BCUT2D eigenvalue weighted by Gasteiger charge is -2.06. The summed E-state index contributed by atoms with van der Waals surface area (Å²) in [6.07, 6.45) is 0. The van der Waals surface area contributed by atoms with Crippen LogP contribution in [-0.2, 0) is 0 Å². The van der Waals surface area contributed by atoms with Gasteiger partial charge >= 0.3 is 0 Å². The average Bonchev–Trinajstić information content (AvgIpc) is 2.32. The van der Waals surface area contributed by atoms with Crippen LogP contribution in [0.25, 0.3) is 0 Å². The van der Waals surface area contributed by atoms with Crippen LogP contribution in [0.4, 0.5) is 18.9 Å². The van der Waals surface area contributed by atoms with Crippen LogP contribution in [-0.4, -0.2) is 5.91 Å². The van der Waals surface area contributed by atoms with E-state index in [-0.39, 0.29) is 15.7 Å². The molecule has 2 nitrogen and oxygen atoms in total. The quantitative estimate of drug-likeness (QED) is 0.882. The van der Waals surface area contributed by atoms with Gasteiger partial charge in [-0.3, -0.25) is 4.79 Å². The molecular formula is C13H7BrF3NO. The Morgan fingerprint density at radius 2 is 1.63 bits per heavy atom. The van der Waals surface area contributed by atoms with Crippen molar-refractivity contribution in [3.63, 3.8) is 0 Å². The first-order chi connectivity index (χ1) is 8.95. The molecule has 0 aliphatic rings. The summed E-state index contributed by atoms with van der Waals surface area (Å²) in [5.41, 5.74) is 0.0104. The van der Waals surface area contributed by atoms with E-state index in [1.165, 1.54) is 12.1 Å². The molecule has 2 rings (SSSR count). The lowest BCUT2D eigenvalue weighted by atomic mass is 10.2. The fraction of sp³-hybridized carbons (Fsp3) is 0. The van der Waals surface area contributed by atoms with Gasteiger partial charge in [-0.25, -0.2) is 13.2 Å². The molecule has 0 saturated carbocycles. The number of carbonyl (C=O) groups excluding carboxylic acids is 1. The van der Waals surface area contributed by atoms with Crippen LogP contribution in [0.2, 0.25) is 0 Å². The normalized spacial score (nSPS) is 10.3. The van der Waals surface area contributed by atoms with E-state index in [1.54, 1.807) is 0 Å². The number of hydrogen-bond donors (Lipinski definition) is 1. The molecule has 0 radical (unpaired) electrons. The van der Waals surface area contributed by atoms with Gasteiger partial charge in [-0.05, 0) is 46.3 Å². The molecule has 0 fully saturated rings. The third-order valence-electron chi connectivity index (χ3n) is 2.30. The highest BCUT2D eigenvalue weighted by atomic mass is 79.9. The van der Waals surface area contributed by atoms with Gasteiger partial charge in [0.2, 0.25) is 0 Å². The lowest BCUT2D eigenvalue weighted by molar-refractivity contribution is 0.102. The number of halogens is 4. The maximum Gasteiger partial charge on any atom is 0.255 e. The second-order valence-electron chi connectivity index (χ2n) is 3.74. The Balaban J connectivity index is 2.22. The van der Waals surface area contributed by atoms with Crippen LogP contribution >= 0.6 is 15.9 Å². The van der Waals surface area contributed by atoms with E-state index in [9.17, 15) is 18.0 Å². The summed E-state index contributed by atoms with van der Waals surface area (Å²) in [6.45, 7) is 0. The van der Waals surface area contributed by atoms with Gasteiger partial charge in [-0.2, -0.15) is 0 Å². The molecule has 2 aromatic rings. The average molecular weight is 330 g/mol. The molecular weight excluding hydrogens is 323 g/mol. The van der Waals surface area contributed by atoms with Crippen molar-refractivity contribution in [1.82, 2.24) is 0 Å². The minimum absolute atomic E-state index is 0.180. The molecule has 19 heavy (non-hydrogen) atoms. The Kier molecular flexibility index (Phi) is 3.90. The highest BCUT2D eigenvalue weighted by Gasteiger charge is 2.10. The minimum atomic E-state index is -0.855. The van der Waals surface area contributed by atoms with Gasteiger partial charge in [-0.15, -0.1) is 0 Å². The van der Waals surface area contributed by atoms with Crippen LogP contribution < -0.4 is 5.32 Å². The first-order valence-electron chi connectivity index (χ1n) is 5.18. The monoisotopic (exact) mass is 329 g/mol. The second-order valence-corrected chi connectivity index (χ2v) is 4.60. The molecule has 1 amide bonds. The number of benzene rings is 2. The Labute approximate surface area is 115 Å². The molecule has 0 bridgehead atoms. The molecule has 0 aliphatic carbocycles. The number of hydrogen-bond acceptors (Lipinski definition) is 1. The highest BCUT2D eigenvalue weighted by molar-refractivity contribution is 9.10. The summed E-state index contributed by atoms with van der Waals surface area (Å²) in [5.74, 6) is -2.98. The summed E-state index contributed by atoms with van der Waals surface area (Å²) in [5, 5.41) is 2.35. The van der Waals surface area contributed by atoms with Gasteiger partial charge in [0.25, 0.3) is 5.91 Å². The summed E-state index contributed by atoms with van der Waals surface area (Å²) in [4.78, 5) is 11.7. The van der Waals surface area contributed by atoms with Crippen LogP contribution in [0, 0.1) is 17.5 Å². The maximum atomic E-state index is 13.2. The molecule has 0 atom stereocenters. The number of nitrogens with one attached hydrogen (secondary N) is 1. The summed E-state index contributed by atoms with van der Waals surface area (Å²) in [7, 11) is 0. The van der Waals surface area contributed by atoms with Crippen LogP contribution in [0.5, 0.6) is 0 Å². The Morgan fingerprint density at radius 1 is 1.00 bits per heavy atom. The number of carbonyl (C=O) groups is 1. The Morgan fingerprint density at radius 3 is 2.21 bits per heavy atom. The first-order valence-corrected chi connectivity index (χ1v) is 5.97. The molecule has 0 aliphatic heterocycles. The van der Waals surface area contributed by atoms with Gasteiger partial charge in [0.15, 0.2) is 0 Å². The van der Waals surface area contributed by atoms with Crippen LogP contribution in [0.3, 0.4) is 0 Å². The topological polar surface area (TPSA) is 29.1 Å². The van der Waals surface area contributed by atoms with Crippen molar-refractivity contribution in [3.05, 3.63) is 63.9 Å². The van der Waals surface area contributed by atoms with Crippen LogP contribution in [0.15, 0.2) is 40.9 Å². The fourth-order valence-electron chi connectivity index (χ4n) is 1.46. The Bertz CT molecular complexity index is 626. The van der Waals surface area contributed by atoms with E-state index < -0.39 is 23.4 Å². The van der Waals surface area contributed by atoms with Gasteiger partial charge in [0, 0.05) is 17.3 Å². The first kappa shape index (κ1) is 13.6. The van der Waals surface area contributed by atoms with Gasteiger partial charge in [0.05, 0.1) is 4.47 Å². The van der Waals surface area contributed by atoms with Gasteiger partial charge < -0.3 is 5.32 Å². The molecule has 98 valence electrons. The zero-order chi connectivity index (χ0) is 14.0. The van der Waals surface area contributed by atoms with Crippen molar-refractivity contribution >= 4 is 27.5 Å². The van der Waals surface area contributed by atoms with Crippen molar-refractivity contribution in [2.45, 2.75) is 0 Å². The zero-order valence-electron chi connectivity index (χ0n) is 9.38. The van der Waals surface area contributed by atoms with Crippen molar-refractivity contribution in [2.75, 3.05) is 5.32 Å². The predicted molar refractivity (Wildman–Crippen MR) is 68.4 cm³/mol. The van der Waals surface area contributed by atoms with E-state index in [0.717, 1.165) is 18.2 Å². The van der Waals surface area contributed by atoms with E-state index in [2.05, 4.69) is 21.2 Å². The second kappa shape index (κ2) is 5.44. The van der Waals surface area contributed by atoms with Crippen LogP contribution in [0.1, 0.15) is 10.4 Å². The highest BCUT2D eigenvalue weighted by Crippen LogP contribution is 2.20. The molecule has 1 N–H and O–H groups in total. The van der Waals surface area contributed by atoms with Gasteiger partial charge in [-0.1, -0.05) is 0 Å². The van der Waals surface area contributed by atoms with Crippen molar-refractivity contribution < 1.29 is 18.0 Å². The lowest BCUT2D eigenvalue weighted by Crippen LogP contribution is -2.12. The fourth-order valence-corrected chi connectivity index (χ4v) is 1.71. The number of rotatable bonds is 2. The maximum absolute atomic E-state index is 13.2. The zero-order valence-corrected chi connectivity index (χ0v) is 11.0. The molecule has 0 aromatic heterocycles. The third kappa shape index (κ3) is 3.35. The minimum Gasteiger partial charge on any atom is -0.322 e. The SMILES string of the molecule is O=C(Nc1ccc(Br)c(F)c1)c1cc(F)cc(F)c1. The number of anilines is 1. The molecule has 0 spiro atoms.